The zero-order chi connectivity index (χ0) is 14.7. The minimum atomic E-state index is 0.176. The molecule has 0 aliphatic heterocycles. The highest BCUT2D eigenvalue weighted by Gasteiger charge is 2.19. The van der Waals surface area contributed by atoms with Gasteiger partial charge in [0.25, 0.3) is 0 Å². The van der Waals surface area contributed by atoms with Gasteiger partial charge in [0.05, 0.1) is 18.6 Å². The van der Waals surface area contributed by atoms with Gasteiger partial charge in [-0.3, -0.25) is 0 Å². The molecule has 0 aliphatic rings. The maximum atomic E-state index is 5.31. The summed E-state index contributed by atoms with van der Waals surface area (Å²) < 4.78 is 5.31. The third-order valence-corrected chi connectivity index (χ3v) is 3.95. The van der Waals surface area contributed by atoms with Crippen molar-refractivity contribution in [2.75, 3.05) is 6.54 Å². The van der Waals surface area contributed by atoms with Crippen LogP contribution in [0.15, 0.2) is 59.4 Å². The van der Waals surface area contributed by atoms with E-state index in [2.05, 4.69) is 61.6 Å². The van der Waals surface area contributed by atoms with Crippen LogP contribution in [0.1, 0.15) is 36.1 Å². The molecule has 21 heavy (non-hydrogen) atoms. The van der Waals surface area contributed by atoms with Gasteiger partial charge in [-0.25, -0.2) is 0 Å². The third-order valence-electron chi connectivity index (χ3n) is 3.95. The number of benzene rings is 2. The van der Waals surface area contributed by atoms with Gasteiger partial charge in [0.2, 0.25) is 0 Å². The van der Waals surface area contributed by atoms with Gasteiger partial charge in [-0.05, 0) is 47.9 Å². The van der Waals surface area contributed by atoms with E-state index in [1.54, 1.807) is 6.26 Å². The minimum Gasteiger partial charge on any atom is -0.472 e. The summed E-state index contributed by atoms with van der Waals surface area (Å²) in [5, 5.41) is 6.26. The lowest BCUT2D eigenvalue weighted by molar-refractivity contribution is 0.548. The molecule has 2 aromatic carbocycles. The first-order valence-electron chi connectivity index (χ1n) is 7.55. The van der Waals surface area contributed by atoms with E-state index >= 15 is 0 Å². The first-order valence-corrected chi connectivity index (χ1v) is 7.55. The van der Waals surface area contributed by atoms with Crippen LogP contribution in [0, 0.1) is 6.92 Å². The number of aryl methyl sites for hydroxylation is 1. The Kier molecular flexibility index (Phi) is 4.07. The number of nitrogens with one attached hydrogen (secondary N) is 1. The van der Waals surface area contributed by atoms with Gasteiger partial charge in [-0.15, -0.1) is 0 Å². The molecule has 0 amide bonds. The molecule has 1 heterocycles. The molecule has 3 rings (SSSR count). The molecule has 1 N–H and O–H groups in total. The van der Waals surface area contributed by atoms with Crippen molar-refractivity contribution in [2.24, 2.45) is 0 Å². The Morgan fingerprint density at radius 1 is 1.10 bits per heavy atom. The maximum absolute atomic E-state index is 5.31. The van der Waals surface area contributed by atoms with Gasteiger partial charge in [0.15, 0.2) is 0 Å². The fourth-order valence-electron chi connectivity index (χ4n) is 2.90. The standard InChI is InChI=1S/C19H21NO/c1-3-11-20-19(16-10-12-21-13-16)18-14(2)8-9-15-6-4-5-7-17(15)18/h4-10,12-13,19-20H,3,11H2,1-2H3. The topological polar surface area (TPSA) is 25.2 Å². The molecule has 0 fully saturated rings. The molecule has 0 radical (unpaired) electrons. The van der Waals surface area contributed by atoms with Crippen molar-refractivity contribution in [1.82, 2.24) is 5.32 Å². The molecule has 1 unspecified atom stereocenters. The highest BCUT2D eigenvalue weighted by molar-refractivity contribution is 5.87. The molecule has 3 aromatic rings. The first kappa shape index (κ1) is 13.9. The third kappa shape index (κ3) is 2.72. The van der Waals surface area contributed by atoms with Gasteiger partial charge in [-0.2, -0.15) is 0 Å². The Balaban J connectivity index is 2.16. The van der Waals surface area contributed by atoms with Crippen LogP contribution in [0.25, 0.3) is 10.8 Å². The van der Waals surface area contributed by atoms with Gasteiger partial charge in [0, 0.05) is 5.56 Å². The van der Waals surface area contributed by atoms with Crippen molar-refractivity contribution in [2.45, 2.75) is 26.3 Å². The average Bonchev–Trinajstić information content (AvgIpc) is 3.03. The molecule has 2 heteroatoms. The van der Waals surface area contributed by atoms with Gasteiger partial charge >= 0.3 is 0 Å². The Bertz CT molecular complexity index is 716. The minimum absolute atomic E-state index is 0.176. The van der Waals surface area contributed by atoms with Gasteiger partial charge in [0.1, 0.15) is 0 Å². The second-order valence-electron chi connectivity index (χ2n) is 5.46. The van der Waals surface area contributed by atoms with Crippen LogP contribution in [0.2, 0.25) is 0 Å². The molecular formula is C19H21NO. The fraction of sp³-hybridized carbons (Fsp3) is 0.263. The maximum Gasteiger partial charge on any atom is 0.0953 e. The Labute approximate surface area is 125 Å². The van der Waals surface area contributed by atoms with Crippen LogP contribution in [-0.2, 0) is 0 Å². The lowest BCUT2D eigenvalue weighted by Crippen LogP contribution is -2.23. The Morgan fingerprint density at radius 2 is 1.95 bits per heavy atom. The molecule has 2 nitrogen and oxygen atoms in total. The van der Waals surface area contributed by atoms with E-state index in [1.165, 1.54) is 27.5 Å². The van der Waals surface area contributed by atoms with Crippen LogP contribution < -0.4 is 5.32 Å². The van der Waals surface area contributed by atoms with E-state index < -0.39 is 0 Å². The summed E-state index contributed by atoms with van der Waals surface area (Å²) in [5.74, 6) is 0. The summed E-state index contributed by atoms with van der Waals surface area (Å²) in [4.78, 5) is 0. The lowest BCUT2D eigenvalue weighted by atomic mass is 9.91. The summed E-state index contributed by atoms with van der Waals surface area (Å²) >= 11 is 0. The monoisotopic (exact) mass is 279 g/mol. The van der Waals surface area contributed by atoms with Crippen LogP contribution in [0.4, 0.5) is 0 Å². The summed E-state index contributed by atoms with van der Waals surface area (Å²) in [5.41, 5.74) is 3.84. The highest BCUT2D eigenvalue weighted by atomic mass is 16.3. The molecule has 0 saturated heterocycles. The molecule has 1 aromatic heterocycles. The van der Waals surface area contributed by atoms with E-state index in [4.69, 9.17) is 4.42 Å². The number of hydrogen-bond donors (Lipinski definition) is 1. The van der Waals surface area contributed by atoms with Crippen LogP contribution >= 0.6 is 0 Å². The molecule has 0 spiro atoms. The van der Waals surface area contributed by atoms with Crippen LogP contribution in [-0.4, -0.2) is 6.54 Å². The molecule has 1 atom stereocenters. The van der Waals surface area contributed by atoms with Crippen molar-refractivity contribution in [3.63, 3.8) is 0 Å². The van der Waals surface area contributed by atoms with Crippen molar-refractivity contribution < 1.29 is 4.42 Å². The lowest BCUT2D eigenvalue weighted by Gasteiger charge is -2.22. The zero-order valence-corrected chi connectivity index (χ0v) is 12.6. The van der Waals surface area contributed by atoms with Crippen molar-refractivity contribution in [3.05, 3.63) is 71.7 Å². The van der Waals surface area contributed by atoms with E-state index in [0.29, 0.717) is 0 Å². The zero-order valence-electron chi connectivity index (χ0n) is 12.6. The number of rotatable bonds is 5. The van der Waals surface area contributed by atoms with Gasteiger partial charge in [-0.1, -0.05) is 43.3 Å². The predicted molar refractivity (Wildman–Crippen MR) is 87.5 cm³/mol. The summed E-state index contributed by atoms with van der Waals surface area (Å²) in [7, 11) is 0. The SMILES string of the molecule is CCCNC(c1ccoc1)c1c(C)ccc2ccccc12. The molecule has 0 aliphatic carbocycles. The molecule has 108 valence electrons. The van der Waals surface area contributed by atoms with Crippen LogP contribution in [0.5, 0.6) is 0 Å². The number of furan rings is 1. The first-order chi connectivity index (χ1) is 10.3. The fourth-order valence-corrected chi connectivity index (χ4v) is 2.90. The highest BCUT2D eigenvalue weighted by Crippen LogP contribution is 2.32. The Morgan fingerprint density at radius 3 is 2.71 bits per heavy atom. The largest absolute Gasteiger partial charge is 0.472 e. The number of hydrogen-bond acceptors (Lipinski definition) is 2. The second-order valence-corrected chi connectivity index (χ2v) is 5.46. The summed E-state index contributed by atoms with van der Waals surface area (Å²) in [6.45, 7) is 5.36. The van der Waals surface area contributed by atoms with E-state index in [1.807, 2.05) is 6.26 Å². The quantitative estimate of drug-likeness (QED) is 0.723. The van der Waals surface area contributed by atoms with E-state index in [9.17, 15) is 0 Å². The summed E-state index contributed by atoms with van der Waals surface area (Å²) in [6.07, 6.45) is 4.70. The predicted octanol–water partition coefficient (Wildman–Crippen LogP) is 4.83. The van der Waals surface area contributed by atoms with E-state index in [-0.39, 0.29) is 6.04 Å². The summed E-state index contributed by atoms with van der Waals surface area (Å²) in [6, 6.07) is 15.2. The Hall–Kier alpha value is -2.06. The van der Waals surface area contributed by atoms with Crippen molar-refractivity contribution >= 4 is 10.8 Å². The van der Waals surface area contributed by atoms with Gasteiger partial charge < -0.3 is 9.73 Å². The smallest absolute Gasteiger partial charge is 0.0953 e. The molecule has 0 bridgehead atoms. The van der Waals surface area contributed by atoms with Crippen molar-refractivity contribution in [1.29, 1.82) is 0 Å². The second kappa shape index (κ2) is 6.15. The van der Waals surface area contributed by atoms with E-state index in [0.717, 1.165) is 13.0 Å². The number of fused-ring (bicyclic) bond motifs is 1. The average molecular weight is 279 g/mol. The normalized spacial score (nSPS) is 12.7. The molecular weight excluding hydrogens is 258 g/mol. The molecule has 0 saturated carbocycles. The van der Waals surface area contributed by atoms with Crippen LogP contribution in [0.3, 0.4) is 0 Å². The van der Waals surface area contributed by atoms with Crippen molar-refractivity contribution in [3.8, 4) is 0 Å².